The van der Waals surface area contributed by atoms with Gasteiger partial charge in [0.05, 0.1) is 33.9 Å². The van der Waals surface area contributed by atoms with Crippen LogP contribution in [0, 0.1) is 24.2 Å². The van der Waals surface area contributed by atoms with Crippen molar-refractivity contribution in [3.63, 3.8) is 0 Å². The molecule has 0 radical (unpaired) electrons. The molecule has 3 aromatic carbocycles. The van der Waals surface area contributed by atoms with E-state index in [1.165, 1.54) is 22.5 Å². The maximum Gasteiger partial charge on any atom is 0.137 e. The molecule has 240 valence electrons. The van der Waals surface area contributed by atoms with Crippen LogP contribution >= 0.6 is 11.3 Å². The van der Waals surface area contributed by atoms with Crippen molar-refractivity contribution in [1.82, 2.24) is 24.1 Å². The zero-order valence-electron chi connectivity index (χ0n) is 27.0. The standard InChI is InChI=1S/C41H34N6OS/c1-28-34(27-47(45-28)41(31-12-5-2-6-13-31,32-14-7-3-8-15-32)33-16-9-4-10-17-33)30-20-22-39-43-25-36(46(39)26-30)29-19-21-35-38(24-29)49-40(44-35)37(48)18-11-23-42/h2-10,12-16,19-22,24-27,33,37,48H,11,17-18H2,1H3/t33?,37-/m0/s1. The number of imidazole rings is 1. The van der Waals surface area contributed by atoms with Gasteiger partial charge >= 0.3 is 0 Å². The lowest BCUT2D eigenvalue weighted by atomic mass is 9.70. The number of rotatable bonds is 9. The third-order valence-corrected chi connectivity index (χ3v) is 10.7. The smallest absolute Gasteiger partial charge is 0.137 e. The summed E-state index contributed by atoms with van der Waals surface area (Å²) in [6.45, 7) is 2.09. The first-order chi connectivity index (χ1) is 24.1. The lowest BCUT2D eigenvalue weighted by molar-refractivity contribution is 0.169. The summed E-state index contributed by atoms with van der Waals surface area (Å²) < 4.78 is 5.31. The van der Waals surface area contributed by atoms with Crippen molar-refractivity contribution in [1.29, 1.82) is 5.26 Å². The van der Waals surface area contributed by atoms with E-state index in [0.717, 1.165) is 50.4 Å². The highest BCUT2D eigenvalue weighted by Gasteiger charge is 2.44. The van der Waals surface area contributed by atoms with Gasteiger partial charge in [0.15, 0.2) is 0 Å². The number of aliphatic hydroxyl groups excluding tert-OH is 1. The molecule has 0 saturated heterocycles. The van der Waals surface area contributed by atoms with E-state index < -0.39 is 11.6 Å². The summed E-state index contributed by atoms with van der Waals surface area (Å²) in [5, 5.41) is 25.4. The van der Waals surface area contributed by atoms with Crippen LogP contribution in [0.2, 0.25) is 0 Å². The van der Waals surface area contributed by atoms with Gasteiger partial charge in [-0.25, -0.2) is 9.97 Å². The minimum absolute atomic E-state index is 0.145. The molecule has 7 nitrogen and oxygen atoms in total. The maximum absolute atomic E-state index is 10.5. The molecule has 0 aliphatic heterocycles. The summed E-state index contributed by atoms with van der Waals surface area (Å²) in [5.74, 6) is 0.145. The predicted octanol–water partition coefficient (Wildman–Crippen LogP) is 9.04. The van der Waals surface area contributed by atoms with Gasteiger partial charge in [0.2, 0.25) is 0 Å². The summed E-state index contributed by atoms with van der Waals surface area (Å²) in [7, 11) is 0. The first kappa shape index (κ1) is 30.7. The molecule has 49 heavy (non-hydrogen) atoms. The van der Waals surface area contributed by atoms with Crippen LogP contribution in [-0.2, 0) is 5.54 Å². The Morgan fingerprint density at radius 2 is 1.71 bits per heavy atom. The van der Waals surface area contributed by atoms with E-state index in [9.17, 15) is 5.11 Å². The Morgan fingerprint density at radius 1 is 0.959 bits per heavy atom. The molecule has 1 unspecified atom stereocenters. The number of nitriles is 1. The van der Waals surface area contributed by atoms with Crippen molar-refractivity contribution in [2.75, 3.05) is 0 Å². The zero-order valence-corrected chi connectivity index (χ0v) is 27.8. The van der Waals surface area contributed by atoms with Crippen LogP contribution in [0.5, 0.6) is 0 Å². The second-order valence-corrected chi connectivity index (χ2v) is 13.5. The monoisotopic (exact) mass is 658 g/mol. The van der Waals surface area contributed by atoms with Crippen LogP contribution < -0.4 is 0 Å². The van der Waals surface area contributed by atoms with Gasteiger partial charge in [-0.2, -0.15) is 10.4 Å². The minimum Gasteiger partial charge on any atom is -0.386 e. The van der Waals surface area contributed by atoms with E-state index in [4.69, 9.17) is 15.3 Å². The quantitative estimate of drug-likeness (QED) is 0.167. The van der Waals surface area contributed by atoms with E-state index in [2.05, 4.69) is 143 Å². The molecule has 4 heterocycles. The van der Waals surface area contributed by atoms with Crippen molar-refractivity contribution in [3.05, 3.63) is 156 Å². The Kier molecular flexibility index (Phi) is 8.00. The average molecular weight is 659 g/mol. The van der Waals surface area contributed by atoms with Crippen LogP contribution in [0.15, 0.2) is 134 Å². The van der Waals surface area contributed by atoms with E-state index in [1.807, 2.05) is 18.3 Å². The van der Waals surface area contributed by atoms with E-state index >= 15 is 0 Å². The van der Waals surface area contributed by atoms with Gasteiger partial charge in [0.1, 0.15) is 22.3 Å². The molecular weight excluding hydrogens is 625 g/mol. The lowest BCUT2D eigenvalue weighted by Gasteiger charge is -2.41. The number of nitrogens with zero attached hydrogens (tertiary/aromatic N) is 6. The second-order valence-electron chi connectivity index (χ2n) is 12.5. The Labute approximate surface area is 288 Å². The number of hydrogen-bond acceptors (Lipinski definition) is 6. The number of aromatic nitrogens is 5. The van der Waals surface area contributed by atoms with Gasteiger partial charge in [0, 0.05) is 41.4 Å². The Bertz CT molecular complexity index is 2340. The number of hydrogen-bond donors (Lipinski definition) is 1. The van der Waals surface area contributed by atoms with Crippen molar-refractivity contribution in [2.45, 2.75) is 37.8 Å². The fourth-order valence-corrected chi connectivity index (χ4v) is 8.18. The summed E-state index contributed by atoms with van der Waals surface area (Å²) in [5.41, 5.74) is 8.51. The highest BCUT2D eigenvalue weighted by Crippen LogP contribution is 2.45. The SMILES string of the molecule is Cc1nn(C(c2ccccc2)(c2ccccc2)C2C=CC=CC2)cc1-c1ccc2ncc(-c3ccc4nc([C@@H](O)CCC#N)sc4c3)n2c1. The second kappa shape index (κ2) is 12.8. The van der Waals surface area contributed by atoms with Gasteiger partial charge in [-0.05, 0) is 55.2 Å². The minimum atomic E-state index is -0.740. The van der Waals surface area contributed by atoms with Gasteiger partial charge in [-0.3, -0.25) is 9.08 Å². The van der Waals surface area contributed by atoms with Gasteiger partial charge in [-0.15, -0.1) is 11.3 Å². The van der Waals surface area contributed by atoms with Crippen molar-refractivity contribution in [2.24, 2.45) is 5.92 Å². The van der Waals surface area contributed by atoms with E-state index in [-0.39, 0.29) is 5.92 Å². The Balaban J connectivity index is 1.23. The maximum atomic E-state index is 10.5. The average Bonchev–Trinajstić information content (AvgIpc) is 3.88. The molecule has 8 heteroatoms. The number of pyridine rings is 1. The van der Waals surface area contributed by atoms with Crippen LogP contribution in [0.4, 0.5) is 0 Å². The number of fused-ring (bicyclic) bond motifs is 2. The van der Waals surface area contributed by atoms with E-state index in [0.29, 0.717) is 17.8 Å². The topological polar surface area (TPSA) is 92.0 Å². The number of aryl methyl sites for hydroxylation is 1. The summed E-state index contributed by atoms with van der Waals surface area (Å²) >= 11 is 1.47. The predicted molar refractivity (Wildman–Crippen MR) is 195 cm³/mol. The molecule has 1 aliphatic carbocycles. The molecule has 2 atom stereocenters. The normalized spacial score (nSPS) is 15.2. The Morgan fingerprint density at radius 3 is 2.43 bits per heavy atom. The van der Waals surface area contributed by atoms with Crippen LogP contribution in [-0.4, -0.2) is 29.3 Å². The van der Waals surface area contributed by atoms with Crippen molar-refractivity contribution < 1.29 is 5.11 Å². The van der Waals surface area contributed by atoms with Crippen molar-refractivity contribution in [3.8, 4) is 28.5 Å². The van der Waals surface area contributed by atoms with Gasteiger partial charge in [0.25, 0.3) is 0 Å². The third-order valence-electron chi connectivity index (χ3n) is 9.54. The molecule has 0 fully saturated rings. The first-order valence-electron chi connectivity index (χ1n) is 16.5. The summed E-state index contributed by atoms with van der Waals surface area (Å²) in [6, 6.07) is 33.9. The fourth-order valence-electron chi connectivity index (χ4n) is 7.15. The molecule has 1 aliphatic rings. The highest BCUT2D eigenvalue weighted by atomic mass is 32.1. The number of aliphatic hydroxyl groups is 1. The van der Waals surface area contributed by atoms with Crippen LogP contribution in [0.1, 0.15) is 47.2 Å². The first-order valence-corrected chi connectivity index (χ1v) is 17.3. The molecule has 0 saturated carbocycles. The van der Waals surface area contributed by atoms with Crippen molar-refractivity contribution >= 4 is 27.2 Å². The van der Waals surface area contributed by atoms with E-state index in [1.54, 1.807) is 0 Å². The Hall–Kier alpha value is -5.62. The number of benzene rings is 3. The lowest BCUT2D eigenvalue weighted by Crippen LogP contribution is -2.43. The summed E-state index contributed by atoms with van der Waals surface area (Å²) in [6.07, 6.45) is 15.9. The third kappa shape index (κ3) is 5.38. The molecule has 4 aromatic heterocycles. The summed E-state index contributed by atoms with van der Waals surface area (Å²) in [4.78, 5) is 9.36. The largest absolute Gasteiger partial charge is 0.386 e. The van der Waals surface area contributed by atoms with Gasteiger partial charge in [-0.1, -0.05) is 91.0 Å². The molecule has 1 N–H and O–H groups in total. The molecule has 0 spiro atoms. The zero-order chi connectivity index (χ0) is 33.4. The van der Waals surface area contributed by atoms with Crippen LogP contribution in [0.3, 0.4) is 0 Å². The fraction of sp³-hybridized carbons (Fsp3) is 0.171. The molecule has 7 aromatic rings. The van der Waals surface area contributed by atoms with Crippen LogP contribution in [0.25, 0.3) is 38.2 Å². The number of thiazole rings is 1. The highest BCUT2D eigenvalue weighted by molar-refractivity contribution is 7.18. The molecule has 8 rings (SSSR count). The van der Waals surface area contributed by atoms with Gasteiger partial charge < -0.3 is 5.11 Å². The molecular formula is C41H34N6OS. The molecule has 0 amide bonds. The number of allylic oxidation sites excluding steroid dienone is 4. The molecule has 0 bridgehead atoms.